The maximum Gasteiger partial charge on any atom is 0.336 e. The molecule has 1 aromatic heterocycles. The molecule has 2 N–H and O–H groups in total. The molecule has 2 aromatic rings. The molecule has 5 heteroatoms. The topological polar surface area (TPSA) is 87.7 Å². The van der Waals surface area contributed by atoms with Crippen molar-refractivity contribution in [3.63, 3.8) is 0 Å². The van der Waals surface area contributed by atoms with E-state index in [9.17, 15) is 19.8 Å². The van der Waals surface area contributed by atoms with E-state index in [1.807, 2.05) is 0 Å². The summed E-state index contributed by atoms with van der Waals surface area (Å²) in [4.78, 5) is 22.4. The van der Waals surface area contributed by atoms with Gasteiger partial charge in [-0.3, -0.25) is 4.79 Å². The Kier molecular flexibility index (Phi) is 2.38. The second kappa shape index (κ2) is 3.62. The number of benzene rings is 1. The average molecular weight is 234 g/mol. The van der Waals surface area contributed by atoms with Crippen LogP contribution in [0.25, 0.3) is 11.0 Å². The standard InChI is InChI=1S/C12H10O5/c1-5-3-9(15)17-8-4-7(14)11(6(2)13)12(16)10(5)8/h3-4,14,16H,1-2H3. The zero-order valence-corrected chi connectivity index (χ0v) is 9.27. The lowest BCUT2D eigenvalue weighted by Gasteiger charge is -2.08. The molecule has 2 rings (SSSR count). The van der Waals surface area contributed by atoms with E-state index in [2.05, 4.69) is 0 Å². The average Bonchev–Trinajstić information content (AvgIpc) is 2.13. The van der Waals surface area contributed by atoms with Gasteiger partial charge in [0.2, 0.25) is 0 Å². The first-order valence-electron chi connectivity index (χ1n) is 4.92. The Bertz CT molecular complexity index is 681. The van der Waals surface area contributed by atoms with Crippen molar-refractivity contribution in [2.75, 3.05) is 0 Å². The molecule has 0 bridgehead atoms. The number of fused-ring (bicyclic) bond motifs is 1. The van der Waals surface area contributed by atoms with Crippen molar-refractivity contribution >= 4 is 16.8 Å². The van der Waals surface area contributed by atoms with Crippen molar-refractivity contribution in [3.8, 4) is 11.5 Å². The molecule has 0 unspecified atom stereocenters. The lowest BCUT2D eigenvalue weighted by molar-refractivity contribution is 0.101. The molecule has 5 nitrogen and oxygen atoms in total. The number of Topliss-reactive ketones (excluding diaryl/α,β-unsaturated/α-hetero) is 1. The van der Waals surface area contributed by atoms with Crippen LogP contribution in [-0.4, -0.2) is 16.0 Å². The number of rotatable bonds is 1. The highest BCUT2D eigenvalue weighted by Crippen LogP contribution is 2.36. The van der Waals surface area contributed by atoms with Gasteiger partial charge in [-0.05, 0) is 19.4 Å². The van der Waals surface area contributed by atoms with Crippen LogP contribution in [0.1, 0.15) is 22.8 Å². The quantitative estimate of drug-likeness (QED) is 0.579. The van der Waals surface area contributed by atoms with Crippen LogP contribution in [-0.2, 0) is 0 Å². The molecule has 88 valence electrons. The number of ketones is 1. The lowest BCUT2D eigenvalue weighted by Crippen LogP contribution is -2.00. The maximum atomic E-state index is 11.3. The Morgan fingerprint density at radius 1 is 1.29 bits per heavy atom. The van der Waals surface area contributed by atoms with Crippen LogP contribution < -0.4 is 5.63 Å². The summed E-state index contributed by atoms with van der Waals surface area (Å²) in [7, 11) is 0. The van der Waals surface area contributed by atoms with Gasteiger partial charge < -0.3 is 14.6 Å². The number of aryl methyl sites for hydroxylation is 1. The first-order valence-corrected chi connectivity index (χ1v) is 4.92. The number of hydrogen-bond donors (Lipinski definition) is 2. The van der Waals surface area contributed by atoms with Gasteiger partial charge in [-0.25, -0.2) is 4.79 Å². The first kappa shape index (κ1) is 11.2. The summed E-state index contributed by atoms with van der Waals surface area (Å²) < 4.78 is 4.85. The Labute approximate surface area is 95.9 Å². The lowest BCUT2D eigenvalue weighted by atomic mass is 10.0. The minimum absolute atomic E-state index is 0.0509. The number of phenolic OH excluding ortho intramolecular Hbond substituents is 2. The summed E-state index contributed by atoms with van der Waals surface area (Å²) in [6.07, 6.45) is 0. The van der Waals surface area contributed by atoms with Gasteiger partial charge in [0.05, 0.1) is 5.39 Å². The molecule has 0 fully saturated rings. The molecule has 0 radical (unpaired) electrons. The summed E-state index contributed by atoms with van der Waals surface area (Å²) >= 11 is 0. The minimum Gasteiger partial charge on any atom is -0.507 e. The SMILES string of the molecule is CC(=O)c1c(O)cc2oc(=O)cc(C)c2c1O. The molecule has 0 aliphatic rings. The Hall–Kier alpha value is -2.30. The van der Waals surface area contributed by atoms with Crippen LogP contribution in [0.2, 0.25) is 0 Å². The summed E-state index contributed by atoms with van der Waals surface area (Å²) in [5.74, 6) is -1.24. The summed E-state index contributed by atoms with van der Waals surface area (Å²) in [6.45, 7) is 2.84. The van der Waals surface area contributed by atoms with Crippen molar-refractivity contribution in [3.05, 3.63) is 33.7 Å². The molecule has 0 saturated carbocycles. The smallest absolute Gasteiger partial charge is 0.336 e. The highest BCUT2D eigenvalue weighted by atomic mass is 16.4. The van der Waals surface area contributed by atoms with Crippen molar-refractivity contribution in [2.24, 2.45) is 0 Å². The van der Waals surface area contributed by atoms with E-state index < -0.39 is 17.2 Å². The van der Waals surface area contributed by atoms with Crippen molar-refractivity contribution in [2.45, 2.75) is 13.8 Å². The van der Waals surface area contributed by atoms with Crippen LogP contribution in [0.15, 0.2) is 21.3 Å². The van der Waals surface area contributed by atoms with E-state index in [1.165, 1.54) is 13.0 Å². The van der Waals surface area contributed by atoms with E-state index in [0.717, 1.165) is 6.07 Å². The molecule has 0 spiro atoms. The van der Waals surface area contributed by atoms with Gasteiger partial charge in [0.15, 0.2) is 5.78 Å². The van der Waals surface area contributed by atoms with Gasteiger partial charge in [-0.1, -0.05) is 0 Å². The largest absolute Gasteiger partial charge is 0.507 e. The molecule has 0 saturated heterocycles. The van der Waals surface area contributed by atoms with Gasteiger partial charge in [-0.15, -0.1) is 0 Å². The zero-order valence-electron chi connectivity index (χ0n) is 9.27. The van der Waals surface area contributed by atoms with Crippen LogP contribution in [0.3, 0.4) is 0 Å². The minimum atomic E-state index is -0.579. The van der Waals surface area contributed by atoms with Crippen LogP contribution in [0.5, 0.6) is 11.5 Å². The van der Waals surface area contributed by atoms with Gasteiger partial charge in [0.1, 0.15) is 22.6 Å². The summed E-state index contributed by atoms with van der Waals surface area (Å²) in [6, 6.07) is 2.36. The van der Waals surface area contributed by atoms with Crippen molar-refractivity contribution < 1.29 is 19.4 Å². The second-order valence-electron chi connectivity index (χ2n) is 3.80. The van der Waals surface area contributed by atoms with Gasteiger partial charge in [0.25, 0.3) is 0 Å². The Morgan fingerprint density at radius 2 is 1.94 bits per heavy atom. The molecule has 0 amide bonds. The second-order valence-corrected chi connectivity index (χ2v) is 3.80. The third-order valence-corrected chi connectivity index (χ3v) is 2.54. The van der Waals surface area contributed by atoms with Gasteiger partial charge in [0, 0.05) is 12.1 Å². The number of hydrogen-bond acceptors (Lipinski definition) is 5. The maximum absolute atomic E-state index is 11.3. The van der Waals surface area contributed by atoms with E-state index >= 15 is 0 Å². The third kappa shape index (κ3) is 1.65. The fraction of sp³-hybridized carbons (Fsp3) is 0.167. The summed E-state index contributed by atoms with van der Waals surface area (Å²) in [5.41, 5.74) is -0.218. The van der Waals surface area contributed by atoms with E-state index in [1.54, 1.807) is 6.92 Å². The van der Waals surface area contributed by atoms with Crippen molar-refractivity contribution in [1.82, 2.24) is 0 Å². The molecule has 17 heavy (non-hydrogen) atoms. The molecular weight excluding hydrogens is 224 g/mol. The molecule has 0 aliphatic heterocycles. The third-order valence-electron chi connectivity index (χ3n) is 2.54. The highest BCUT2D eigenvalue weighted by Gasteiger charge is 2.19. The first-order chi connectivity index (χ1) is 7.91. The fourth-order valence-corrected chi connectivity index (χ4v) is 1.83. The van der Waals surface area contributed by atoms with Crippen LogP contribution >= 0.6 is 0 Å². The van der Waals surface area contributed by atoms with Crippen molar-refractivity contribution in [1.29, 1.82) is 0 Å². The normalized spacial score (nSPS) is 10.7. The molecule has 0 aliphatic carbocycles. The fourth-order valence-electron chi connectivity index (χ4n) is 1.83. The summed E-state index contributed by atoms with van der Waals surface area (Å²) in [5, 5.41) is 19.8. The van der Waals surface area contributed by atoms with E-state index in [-0.39, 0.29) is 22.3 Å². The number of phenols is 2. The Balaban J connectivity index is 3.02. The number of carbonyl (C=O) groups is 1. The Morgan fingerprint density at radius 3 is 2.53 bits per heavy atom. The van der Waals surface area contributed by atoms with Crippen LogP contribution in [0.4, 0.5) is 0 Å². The monoisotopic (exact) mass is 234 g/mol. The zero-order chi connectivity index (χ0) is 12.7. The molecule has 0 atom stereocenters. The molecular formula is C12H10O5. The molecule has 1 heterocycles. The predicted molar refractivity (Wildman–Crippen MR) is 60.6 cm³/mol. The highest BCUT2D eigenvalue weighted by molar-refractivity contribution is 6.05. The number of aromatic hydroxyl groups is 2. The predicted octanol–water partition coefficient (Wildman–Crippen LogP) is 1.72. The molecule has 1 aromatic carbocycles. The van der Waals surface area contributed by atoms with Gasteiger partial charge in [-0.2, -0.15) is 0 Å². The van der Waals surface area contributed by atoms with Crippen LogP contribution in [0, 0.1) is 6.92 Å². The van der Waals surface area contributed by atoms with E-state index in [4.69, 9.17) is 4.42 Å². The number of carbonyl (C=O) groups excluding carboxylic acids is 1. The van der Waals surface area contributed by atoms with E-state index in [0.29, 0.717) is 5.56 Å². The van der Waals surface area contributed by atoms with Gasteiger partial charge >= 0.3 is 5.63 Å².